The van der Waals surface area contributed by atoms with Crippen LogP contribution in [0.15, 0.2) is 43.0 Å². The Morgan fingerprint density at radius 1 is 1.35 bits per heavy atom. The zero-order valence-corrected chi connectivity index (χ0v) is 11.8. The summed E-state index contributed by atoms with van der Waals surface area (Å²) in [5.41, 5.74) is 1.10. The van der Waals surface area contributed by atoms with Crippen molar-refractivity contribution in [2.24, 2.45) is 0 Å². The molecule has 0 spiro atoms. The molecule has 4 nitrogen and oxygen atoms in total. The summed E-state index contributed by atoms with van der Waals surface area (Å²) in [6, 6.07) is 9.17. The van der Waals surface area contributed by atoms with Crippen molar-refractivity contribution in [1.29, 1.82) is 0 Å². The summed E-state index contributed by atoms with van der Waals surface area (Å²) in [5.74, 6) is -0.562. The molecule has 0 aliphatic rings. The second-order valence-electron chi connectivity index (χ2n) is 4.49. The molecule has 1 amide bonds. The van der Waals surface area contributed by atoms with Gasteiger partial charge >= 0.3 is 5.97 Å². The minimum absolute atomic E-state index is 0.145. The molecule has 0 aliphatic carbocycles. The summed E-state index contributed by atoms with van der Waals surface area (Å²) >= 11 is 0. The van der Waals surface area contributed by atoms with Crippen molar-refractivity contribution < 1.29 is 14.3 Å². The number of hydrogen-bond acceptors (Lipinski definition) is 3. The summed E-state index contributed by atoms with van der Waals surface area (Å²) in [6.45, 7) is 3.61. The van der Waals surface area contributed by atoms with Crippen molar-refractivity contribution in [1.82, 2.24) is 5.32 Å². The lowest BCUT2D eigenvalue weighted by Crippen LogP contribution is -2.41. The molecule has 0 heterocycles. The smallest absolute Gasteiger partial charge is 0.328 e. The van der Waals surface area contributed by atoms with Crippen LogP contribution in [0.4, 0.5) is 0 Å². The van der Waals surface area contributed by atoms with Crippen LogP contribution in [-0.4, -0.2) is 25.0 Å². The number of nitrogens with one attached hydrogen (secondary N) is 1. The maximum absolute atomic E-state index is 11.9. The zero-order chi connectivity index (χ0) is 14.8. The van der Waals surface area contributed by atoms with E-state index in [2.05, 4.69) is 16.6 Å². The first-order chi connectivity index (χ1) is 9.67. The van der Waals surface area contributed by atoms with Crippen LogP contribution in [0.1, 0.15) is 24.8 Å². The Bertz CT molecular complexity index is 442. The van der Waals surface area contributed by atoms with Crippen LogP contribution in [0, 0.1) is 0 Å². The van der Waals surface area contributed by atoms with Gasteiger partial charge in [0, 0.05) is 6.42 Å². The number of carbonyl (C=O) groups is 2. The number of allylic oxidation sites excluding steroid dienone is 1. The average molecular weight is 275 g/mol. The lowest BCUT2D eigenvalue weighted by Gasteiger charge is -2.15. The Hall–Kier alpha value is -2.10. The number of rotatable bonds is 8. The third-order valence-corrected chi connectivity index (χ3v) is 2.96. The number of esters is 1. The van der Waals surface area contributed by atoms with Gasteiger partial charge in [0.05, 0.1) is 7.11 Å². The molecule has 108 valence electrons. The molecule has 0 aromatic heterocycles. The van der Waals surface area contributed by atoms with Crippen LogP contribution in [0.5, 0.6) is 0 Å². The van der Waals surface area contributed by atoms with E-state index < -0.39 is 12.0 Å². The van der Waals surface area contributed by atoms with E-state index in [1.807, 2.05) is 30.3 Å². The Balaban J connectivity index is 2.44. The first kappa shape index (κ1) is 16.0. The normalized spacial score (nSPS) is 11.4. The van der Waals surface area contributed by atoms with E-state index in [9.17, 15) is 9.59 Å². The van der Waals surface area contributed by atoms with Crippen LogP contribution in [0.2, 0.25) is 0 Å². The second kappa shape index (κ2) is 8.91. The molecule has 0 radical (unpaired) electrons. The summed E-state index contributed by atoms with van der Waals surface area (Å²) < 4.78 is 4.69. The summed E-state index contributed by atoms with van der Waals surface area (Å²) in [6.07, 6.45) is 3.88. The molecule has 1 aromatic rings. The molecule has 0 saturated heterocycles. The van der Waals surface area contributed by atoms with Gasteiger partial charge in [0.1, 0.15) is 6.04 Å². The molecule has 0 unspecified atom stereocenters. The van der Waals surface area contributed by atoms with E-state index in [0.717, 1.165) is 5.56 Å². The monoisotopic (exact) mass is 275 g/mol. The average Bonchev–Trinajstić information content (AvgIpc) is 2.49. The highest BCUT2D eigenvalue weighted by Crippen LogP contribution is 2.04. The number of amides is 1. The van der Waals surface area contributed by atoms with Gasteiger partial charge in [-0.15, -0.1) is 6.58 Å². The summed E-state index contributed by atoms with van der Waals surface area (Å²) in [4.78, 5) is 23.4. The third-order valence-electron chi connectivity index (χ3n) is 2.96. The van der Waals surface area contributed by atoms with Gasteiger partial charge < -0.3 is 10.1 Å². The largest absolute Gasteiger partial charge is 0.467 e. The Morgan fingerprint density at radius 3 is 2.65 bits per heavy atom. The van der Waals surface area contributed by atoms with Gasteiger partial charge in [-0.3, -0.25) is 4.79 Å². The van der Waals surface area contributed by atoms with Gasteiger partial charge in [-0.05, 0) is 24.8 Å². The van der Waals surface area contributed by atoms with E-state index >= 15 is 0 Å². The third kappa shape index (κ3) is 5.69. The number of benzene rings is 1. The van der Waals surface area contributed by atoms with E-state index in [0.29, 0.717) is 25.7 Å². The predicted molar refractivity (Wildman–Crippen MR) is 78.1 cm³/mol. The topological polar surface area (TPSA) is 55.4 Å². The number of methoxy groups -OCH3 is 1. The fourth-order valence-corrected chi connectivity index (χ4v) is 1.84. The van der Waals surface area contributed by atoms with Crippen LogP contribution in [0.25, 0.3) is 0 Å². The molecule has 1 aromatic carbocycles. The highest BCUT2D eigenvalue weighted by Gasteiger charge is 2.20. The molecule has 0 saturated carbocycles. The highest BCUT2D eigenvalue weighted by atomic mass is 16.5. The highest BCUT2D eigenvalue weighted by molar-refractivity contribution is 5.84. The van der Waals surface area contributed by atoms with Crippen molar-refractivity contribution >= 4 is 11.9 Å². The van der Waals surface area contributed by atoms with Gasteiger partial charge in [-0.25, -0.2) is 4.79 Å². The first-order valence-electron chi connectivity index (χ1n) is 6.69. The SMILES string of the molecule is C=CCC[C@H](NC(=O)CCc1ccccc1)C(=O)OC. The van der Waals surface area contributed by atoms with Crippen molar-refractivity contribution in [2.45, 2.75) is 31.7 Å². The molecule has 1 N–H and O–H groups in total. The number of aryl methyl sites for hydroxylation is 1. The standard InChI is InChI=1S/C16H21NO3/c1-3-4-10-14(16(19)20-2)17-15(18)12-11-13-8-6-5-7-9-13/h3,5-9,14H,1,4,10-12H2,2H3,(H,17,18)/t14-/m0/s1. The number of ether oxygens (including phenoxy) is 1. The van der Waals surface area contributed by atoms with Crippen molar-refractivity contribution in [3.63, 3.8) is 0 Å². The minimum Gasteiger partial charge on any atom is -0.467 e. The number of carbonyl (C=O) groups excluding carboxylic acids is 2. The molecule has 1 rings (SSSR count). The molecule has 0 bridgehead atoms. The van der Waals surface area contributed by atoms with Crippen LogP contribution in [-0.2, 0) is 20.7 Å². The molecule has 0 fully saturated rings. The zero-order valence-electron chi connectivity index (χ0n) is 11.8. The van der Waals surface area contributed by atoms with Crippen molar-refractivity contribution in [2.75, 3.05) is 7.11 Å². The molecular weight excluding hydrogens is 254 g/mol. The first-order valence-corrected chi connectivity index (χ1v) is 6.69. The molecule has 4 heteroatoms. The Kier molecular flexibility index (Phi) is 7.11. The maximum atomic E-state index is 11.9. The second-order valence-corrected chi connectivity index (χ2v) is 4.49. The van der Waals surface area contributed by atoms with Gasteiger partial charge in [0.15, 0.2) is 0 Å². The predicted octanol–water partition coefficient (Wildman–Crippen LogP) is 2.24. The fraction of sp³-hybridized carbons (Fsp3) is 0.375. The lowest BCUT2D eigenvalue weighted by molar-refractivity contribution is -0.145. The van der Waals surface area contributed by atoms with Gasteiger partial charge in [0.25, 0.3) is 0 Å². The van der Waals surface area contributed by atoms with Crippen LogP contribution in [0.3, 0.4) is 0 Å². The quantitative estimate of drug-likeness (QED) is 0.585. The Labute approximate surface area is 119 Å². The summed E-state index contributed by atoms with van der Waals surface area (Å²) in [5, 5.41) is 2.71. The Morgan fingerprint density at radius 2 is 2.05 bits per heavy atom. The van der Waals surface area contributed by atoms with Gasteiger partial charge in [-0.1, -0.05) is 36.4 Å². The maximum Gasteiger partial charge on any atom is 0.328 e. The lowest BCUT2D eigenvalue weighted by atomic mass is 10.1. The van der Waals surface area contributed by atoms with Gasteiger partial charge in [-0.2, -0.15) is 0 Å². The molecular formula is C16H21NO3. The van der Waals surface area contributed by atoms with Crippen LogP contribution >= 0.6 is 0 Å². The molecule has 1 atom stereocenters. The van der Waals surface area contributed by atoms with E-state index in [1.54, 1.807) is 6.08 Å². The fourth-order valence-electron chi connectivity index (χ4n) is 1.84. The molecule has 0 aliphatic heterocycles. The van der Waals surface area contributed by atoms with E-state index in [-0.39, 0.29) is 5.91 Å². The van der Waals surface area contributed by atoms with E-state index in [1.165, 1.54) is 7.11 Å². The van der Waals surface area contributed by atoms with Gasteiger partial charge in [0.2, 0.25) is 5.91 Å². The van der Waals surface area contributed by atoms with Crippen LogP contribution < -0.4 is 5.32 Å². The summed E-state index contributed by atoms with van der Waals surface area (Å²) in [7, 11) is 1.32. The van der Waals surface area contributed by atoms with Crippen molar-refractivity contribution in [3.8, 4) is 0 Å². The number of hydrogen-bond donors (Lipinski definition) is 1. The minimum atomic E-state index is -0.596. The molecule has 20 heavy (non-hydrogen) atoms. The van der Waals surface area contributed by atoms with Crippen molar-refractivity contribution in [3.05, 3.63) is 48.6 Å². The van der Waals surface area contributed by atoms with E-state index in [4.69, 9.17) is 0 Å².